The zero-order chi connectivity index (χ0) is 16.7. The molecule has 1 aliphatic rings. The zero-order valence-electron chi connectivity index (χ0n) is 12.8. The molecule has 0 amide bonds. The summed E-state index contributed by atoms with van der Waals surface area (Å²) in [6, 6.07) is 3.79. The molecule has 8 heteroatoms. The Morgan fingerprint density at radius 2 is 1.64 bits per heavy atom. The molecule has 1 saturated heterocycles. The molecule has 0 aliphatic carbocycles. The van der Waals surface area contributed by atoms with Crippen molar-refractivity contribution < 1.29 is 16.8 Å². The molecule has 0 unspecified atom stereocenters. The van der Waals surface area contributed by atoms with Gasteiger partial charge in [-0.3, -0.25) is 0 Å². The van der Waals surface area contributed by atoms with Gasteiger partial charge in [0.15, 0.2) is 9.84 Å². The van der Waals surface area contributed by atoms with Crippen LogP contribution in [0.15, 0.2) is 28.0 Å². The second-order valence-corrected chi connectivity index (χ2v) is 10.5. The van der Waals surface area contributed by atoms with Crippen molar-refractivity contribution in [3.63, 3.8) is 0 Å². The Balaban J connectivity index is 2.49. The lowest BCUT2D eigenvalue weighted by Gasteiger charge is -2.34. The fourth-order valence-corrected chi connectivity index (χ4v) is 5.75. The Hall–Kier alpha value is -0.630. The van der Waals surface area contributed by atoms with E-state index in [0.29, 0.717) is 13.1 Å². The average Bonchev–Trinajstić information content (AvgIpc) is 2.36. The van der Waals surface area contributed by atoms with Gasteiger partial charge >= 0.3 is 0 Å². The maximum Gasteiger partial charge on any atom is 0.244 e. The average molecular weight is 366 g/mol. The molecule has 0 N–H and O–H groups in total. The molecule has 0 aromatic heterocycles. The second-order valence-electron chi connectivity index (χ2n) is 6.13. The smallest absolute Gasteiger partial charge is 0.224 e. The fourth-order valence-electron chi connectivity index (χ4n) is 2.85. The number of hydrogen-bond donors (Lipinski definition) is 0. The van der Waals surface area contributed by atoms with Gasteiger partial charge in [0, 0.05) is 19.3 Å². The van der Waals surface area contributed by atoms with Gasteiger partial charge < -0.3 is 0 Å². The van der Waals surface area contributed by atoms with Crippen LogP contribution in [0.3, 0.4) is 0 Å². The number of rotatable bonds is 3. The standard InChI is InChI=1S/C14H20ClNO4S2/c1-10-6-11(2)9-16(8-10)22(19,20)14-7-12(21(3,17)18)4-5-13(14)15/h4-5,7,10-11H,6,8-9H2,1-3H3/t10-,11+. The molecule has 1 heterocycles. The molecule has 2 rings (SSSR count). The summed E-state index contributed by atoms with van der Waals surface area (Å²) < 4.78 is 50.4. The Morgan fingerprint density at radius 3 is 2.14 bits per heavy atom. The van der Waals surface area contributed by atoms with Crippen molar-refractivity contribution in [2.75, 3.05) is 19.3 Å². The first kappa shape index (κ1) is 17.7. The molecule has 5 nitrogen and oxygen atoms in total. The number of piperidine rings is 1. The lowest BCUT2D eigenvalue weighted by molar-refractivity contribution is 0.222. The third-order valence-corrected chi connectivity index (χ3v) is 7.21. The SMILES string of the molecule is C[C@@H]1C[C@H](C)CN(S(=O)(=O)c2cc(S(C)(=O)=O)ccc2Cl)C1. The van der Waals surface area contributed by atoms with Gasteiger partial charge in [-0.2, -0.15) is 4.31 Å². The van der Waals surface area contributed by atoms with Crippen LogP contribution in [0.25, 0.3) is 0 Å². The van der Waals surface area contributed by atoms with Crippen molar-refractivity contribution in [3.8, 4) is 0 Å². The Labute approximate surface area is 137 Å². The van der Waals surface area contributed by atoms with Crippen LogP contribution in [0, 0.1) is 11.8 Å². The maximum absolute atomic E-state index is 12.8. The predicted molar refractivity (Wildman–Crippen MR) is 86.3 cm³/mol. The summed E-state index contributed by atoms with van der Waals surface area (Å²) >= 11 is 6.02. The molecule has 1 fully saturated rings. The highest BCUT2D eigenvalue weighted by Crippen LogP contribution is 2.31. The minimum atomic E-state index is -3.80. The van der Waals surface area contributed by atoms with E-state index in [1.165, 1.54) is 16.4 Å². The van der Waals surface area contributed by atoms with Gasteiger partial charge in [0.25, 0.3) is 0 Å². The van der Waals surface area contributed by atoms with Crippen molar-refractivity contribution in [2.24, 2.45) is 11.8 Å². The van der Waals surface area contributed by atoms with Crippen molar-refractivity contribution in [2.45, 2.75) is 30.1 Å². The Morgan fingerprint density at radius 1 is 1.09 bits per heavy atom. The van der Waals surface area contributed by atoms with Gasteiger partial charge in [0.1, 0.15) is 4.90 Å². The van der Waals surface area contributed by atoms with E-state index >= 15 is 0 Å². The van der Waals surface area contributed by atoms with Gasteiger partial charge in [0.2, 0.25) is 10.0 Å². The summed E-state index contributed by atoms with van der Waals surface area (Å²) in [5.74, 6) is 0.519. The molecule has 1 aromatic rings. The highest BCUT2D eigenvalue weighted by Gasteiger charge is 2.33. The predicted octanol–water partition coefficient (Wildman–Crippen LogP) is 2.41. The van der Waals surface area contributed by atoms with Gasteiger partial charge in [0.05, 0.1) is 9.92 Å². The molecular weight excluding hydrogens is 346 g/mol. The van der Waals surface area contributed by atoms with Crippen molar-refractivity contribution >= 4 is 31.5 Å². The fraction of sp³-hybridized carbons (Fsp3) is 0.571. The first-order valence-electron chi connectivity index (χ1n) is 7.01. The highest BCUT2D eigenvalue weighted by molar-refractivity contribution is 7.91. The summed E-state index contributed by atoms with van der Waals surface area (Å²) in [6.45, 7) is 4.86. The van der Waals surface area contributed by atoms with Crippen LogP contribution in [0.5, 0.6) is 0 Å². The lowest BCUT2D eigenvalue weighted by Crippen LogP contribution is -2.42. The van der Waals surface area contributed by atoms with E-state index in [-0.39, 0.29) is 26.6 Å². The van der Waals surface area contributed by atoms with E-state index in [9.17, 15) is 16.8 Å². The monoisotopic (exact) mass is 365 g/mol. The summed E-state index contributed by atoms with van der Waals surface area (Å²) in [5.41, 5.74) is 0. The number of sulfone groups is 1. The van der Waals surface area contributed by atoms with Crippen molar-refractivity contribution in [1.29, 1.82) is 0 Å². The lowest BCUT2D eigenvalue weighted by atomic mass is 9.94. The van der Waals surface area contributed by atoms with Gasteiger partial charge in [-0.25, -0.2) is 16.8 Å². The number of benzene rings is 1. The molecule has 0 spiro atoms. The first-order valence-corrected chi connectivity index (χ1v) is 10.7. The molecule has 0 bridgehead atoms. The third kappa shape index (κ3) is 3.64. The third-order valence-electron chi connectivity index (χ3n) is 3.78. The van der Waals surface area contributed by atoms with Crippen LogP contribution >= 0.6 is 11.6 Å². The van der Waals surface area contributed by atoms with Crippen molar-refractivity contribution in [1.82, 2.24) is 4.31 Å². The van der Waals surface area contributed by atoms with Gasteiger partial charge in [-0.1, -0.05) is 25.4 Å². The molecule has 0 radical (unpaired) electrons. The molecule has 124 valence electrons. The van der Waals surface area contributed by atoms with Crippen LogP contribution < -0.4 is 0 Å². The van der Waals surface area contributed by atoms with Crippen LogP contribution in [0.4, 0.5) is 0 Å². The van der Waals surface area contributed by atoms with E-state index in [4.69, 9.17) is 11.6 Å². The zero-order valence-corrected chi connectivity index (χ0v) is 15.2. The summed E-state index contributed by atoms with van der Waals surface area (Å²) in [4.78, 5) is -0.188. The molecular formula is C14H20ClNO4S2. The van der Waals surface area contributed by atoms with Gasteiger partial charge in [-0.15, -0.1) is 0 Å². The first-order chi connectivity index (χ1) is 10.0. The maximum atomic E-state index is 12.8. The van der Waals surface area contributed by atoms with Crippen LogP contribution in [0.1, 0.15) is 20.3 Å². The normalized spacial score (nSPS) is 24.4. The van der Waals surface area contributed by atoms with Crippen LogP contribution in [-0.4, -0.2) is 40.5 Å². The van der Waals surface area contributed by atoms with E-state index < -0.39 is 19.9 Å². The second kappa shape index (κ2) is 6.11. The van der Waals surface area contributed by atoms with E-state index in [2.05, 4.69) is 0 Å². The number of nitrogens with zero attached hydrogens (tertiary/aromatic N) is 1. The number of hydrogen-bond acceptors (Lipinski definition) is 4. The topological polar surface area (TPSA) is 71.5 Å². The summed E-state index contributed by atoms with van der Waals surface area (Å²) in [5, 5.41) is 0.0401. The largest absolute Gasteiger partial charge is 0.244 e. The molecule has 22 heavy (non-hydrogen) atoms. The van der Waals surface area contributed by atoms with Crippen molar-refractivity contribution in [3.05, 3.63) is 23.2 Å². The number of halogens is 1. The molecule has 1 aromatic carbocycles. The van der Waals surface area contributed by atoms with E-state index in [0.717, 1.165) is 18.7 Å². The minimum absolute atomic E-state index is 0.0401. The Bertz CT molecular complexity index is 764. The molecule has 1 aliphatic heterocycles. The quantitative estimate of drug-likeness (QED) is 0.824. The summed E-state index contributed by atoms with van der Waals surface area (Å²) in [6.07, 6.45) is 2.01. The number of sulfonamides is 1. The highest BCUT2D eigenvalue weighted by atomic mass is 35.5. The van der Waals surface area contributed by atoms with Gasteiger partial charge in [-0.05, 0) is 36.5 Å². The Kier molecular flexibility index (Phi) is 4.92. The minimum Gasteiger partial charge on any atom is -0.224 e. The summed E-state index contributed by atoms with van der Waals surface area (Å²) in [7, 11) is -7.30. The van der Waals surface area contributed by atoms with Crippen LogP contribution in [-0.2, 0) is 19.9 Å². The van der Waals surface area contributed by atoms with E-state index in [1.54, 1.807) is 0 Å². The molecule has 0 saturated carbocycles. The van der Waals surface area contributed by atoms with Crippen LogP contribution in [0.2, 0.25) is 5.02 Å². The van der Waals surface area contributed by atoms with E-state index in [1.807, 2.05) is 13.8 Å². The molecule has 2 atom stereocenters.